The van der Waals surface area contributed by atoms with E-state index in [0.29, 0.717) is 5.56 Å². The van der Waals surface area contributed by atoms with Gasteiger partial charge < -0.3 is 4.74 Å². The molecule has 0 aliphatic heterocycles. The van der Waals surface area contributed by atoms with E-state index in [0.717, 1.165) is 5.69 Å². The molecule has 16 heavy (non-hydrogen) atoms. The predicted octanol–water partition coefficient (Wildman–Crippen LogP) is 2.94. The van der Waals surface area contributed by atoms with E-state index in [4.69, 9.17) is 4.74 Å². The topological polar surface area (TPSA) is 39.2 Å². The van der Waals surface area contributed by atoms with Crippen molar-refractivity contribution in [1.82, 2.24) is 4.98 Å². The van der Waals surface area contributed by atoms with Crippen molar-refractivity contribution in [3.8, 4) is 0 Å². The molecule has 1 aromatic rings. The average Bonchev–Trinajstić information content (AvgIpc) is 2.15. The van der Waals surface area contributed by atoms with E-state index in [2.05, 4.69) is 25.8 Å². The van der Waals surface area contributed by atoms with Crippen LogP contribution in [0.3, 0.4) is 0 Å². The molecule has 88 valence electrons. The highest BCUT2D eigenvalue weighted by Gasteiger charge is 2.16. The lowest BCUT2D eigenvalue weighted by Crippen LogP contribution is -2.15. The molecule has 0 atom stereocenters. The first-order valence-electron chi connectivity index (χ1n) is 5.48. The van der Waals surface area contributed by atoms with Gasteiger partial charge in [0, 0.05) is 17.3 Å². The molecule has 0 radical (unpaired) electrons. The maximum absolute atomic E-state index is 11.6. The number of carbonyl (C=O) groups is 1. The quantitative estimate of drug-likeness (QED) is 0.721. The van der Waals surface area contributed by atoms with Crippen molar-refractivity contribution in [2.75, 3.05) is 0 Å². The Balaban J connectivity index is 2.83. The normalized spacial score (nSPS) is 11.6. The Morgan fingerprint density at radius 2 is 1.94 bits per heavy atom. The fraction of sp³-hybridized carbons (Fsp3) is 0.538. The third-order valence-corrected chi connectivity index (χ3v) is 2.11. The second kappa shape index (κ2) is 4.64. The van der Waals surface area contributed by atoms with Gasteiger partial charge in [-0.25, -0.2) is 4.79 Å². The Kier molecular flexibility index (Phi) is 3.68. The van der Waals surface area contributed by atoms with Gasteiger partial charge in [0.1, 0.15) is 0 Å². The molecular weight excluding hydrogens is 202 g/mol. The molecule has 0 N–H and O–H groups in total. The van der Waals surface area contributed by atoms with Gasteiger partial charge in [-0.3, -0.25) is 4.98 Å². The molecule has 0 aliphatic rings. The maximum Gasteiger partial charge on any atom is 0.339 e. The molecule has 0 bridgehead atoms. The first-order chi connectivity index (χ1) is 7.30. The summed E-state index contributed by atoms with van der Waals surface area (Å²) in [6.45, 7) is 9.91. The Bertz CT molecular complexity index is 361. The molecule has 0 aliphatic carbocycles. The van der Waals surface area contributed by atoms with E-state index in [1.165, 1.54) is 0 Å². The summed E-state index contributed by atoms with van der Waals surface area (Å²) in [6, 6.07) is 3.63. The van der Waals surface area contributed by atoms with Crippen molar-refractivity contribution in [3.05, 3.63) is 29.6 Å². The highest BCUT2D eigenvalue weighted by molar-refractivity contribution is 5.89. The standard InChI is InChI=1S/C13H19NO2/c1-9(2)16-12(15)10-6-7-11(14-8-10)13(3,4)5/h6-9H,1-5H3. The minimum Gasteiger partial charge on any atom is -0.459 e. The molecule has 3 nitrogen and oxygen atoms in total. The first kappa shape index (κ1) is 12.7. The van der Waals surface area contributed by atoms with Crippen molar-refractivity contribution in [3.63, 3.8) is 0 Å². The molecule has 0 unspecified atom stereocenters. The van der Waals surface area contributed by atoms with Gasteiger partial charge in [0.05, 0.1) is 11.7 Å². The second-order valence-electron chi connectivity index (χ2n) is 5.14. The van der Waals surface area contributed by atoms with Gasteiger partial charge in [-0.15, -0.1) is 0 Å². The highest BCUT2D eigenvalue weighted by Crippen LogP contribution is 2.19. The van der Waals surface area contributed by atoms with Gasteiger partial charge in [0.15, 0.2) is 0 Å². The van der Waals surface area contributed by atoms with Gasteiger partial charge in [-0.05, 0) is 26.0 Å². The van der Waals surface area contributed by atoms with Crippen LogP contribution in [0.25, 0.3) is 0 Å². The summed E-state index contributed by atoms with van der Waals surface area (Å²) >= 11 is 0. The summed E-state index contributed by atoms with van der Waals surface area (Å²) < 4.78 is 5.08. The number of aromatic nitrogens is 1. The monoisotopic (exact) mass is 221 g/mol. The Morgan fingerprint density at radius 3 is 2.31 bits per heavy atom. The van der Waals surface area contributed by atoms with Crippen LogP contribution < -0.4 is 0 Å². The number of esters is 1. The lowest BCUT2D eigenvalue weighted by molar-refractivity contribution is 0.0377. The number of hydrogen-bond acceptors (Lipinski definition) is 3. The Hall–Kier alpha value is -1.38. The molecule has 0 saturated heterocycles. The molecule has 1 rings (SSSR count). The van der Waals surface area contributed by atoms with Gasteiger partial charge in [0.2, 0.25) is 0 Å². The van der Waals surface area contributed by atoms with Crippen molar-refractivity contribution >= 4 is 5.97 Å². The van der Waals surface area contributed by atoms with Crippen LogP contribution in [0.15, 0.2) is 18.3 Å². The van der Waals surface area contributed by atoms with E-state index in [1.807, 2.05) is 19.9 Å². The van der Waals surface area contributed by atoms with Gasteiger partial charge >= 0.3 is 5.97 Å². The summed E-state index contributed by atoms with van der Waals surface area (Å²) in [6.07, 6.45) is 1.47. The fourth-order valence-electron chi connectivity index (χ4n) is 1.24. The summed E-state index contributed by atoms with van der Waals surface area (Å²) in [7, 11) is 0. The zero-order valence-electron chi connectivity index (χ0n) is 10.6. The molecule has 0 saturated carbocycles. The predicted molar refractivity (Wildman–Crippen MR) is 63.5 cm³/mol. The van der Waals surface area contributed by atoms with E-state index < -0.39 is 0 Å². The number of ether oxygens (including phenoxy) is 1. The first-order valence-corrected chi connectivity index (χ1v) is 5.48. The second-order valence-corrected chi connectivity index (χ2v) is 5.14. The molecule has 1 aromatic heterocycles. The van der Waals surface area contributed by atoms with Crippen LogP contribution in [0.2, 0.25) is 0 Å². The summed E-state index contributed by atoms with van der Waals surface area (Å²) in [5, 5.41) is 0. The lowest BCUT2D eigenvalue weighted by atomic mass is 9.91. The van der Waals surface area contributed by atoms with E-state index in [9.17, 15) is 4.79 Å². The number of hydrogen-bond donors (Lipinski definition) is 0. The van der Waals surface area contributed by atoms with E-state index in [-0.39, 0.29) is 17.5 Å². The molecule has 0 spiro atoms. The van der Waals surface area contributed by atoms with Gasteiger partial charge in [-0.2, -0.15) is 0 Å². The zero-order valence-corrected chi connectivity index (χ0v) is 10.6. The molecule has 1 heterocycles. The number of carbonyl (C=O) groups excluding carboxylic acids is 1. The number of nitrogens with zero attached hydrogens (tertiary/aromatic N) is 1. The Morgan fingerprint density at radius 1 is 1.31 bits per heavy atom. The SMILES string of the molecule is CC(C)OC(=O)c1ccc(C(C)(C)C)nc1. The van der Waals surface area contributed by atoms with Crippen LogP contribution in [-0.2, 0) is 10.2 Å². The van der Waals surface area contributed by atoms with Crippen molar-refractivity contribution in [1.29, 1.82) is 0 Å². The molecule has 0 amide bonds. The van der Waals surface area contributed by atoms with Gasteiger partial charge in [-0.1, -0.05) is 20.8 Å². The molecule has 0 fully saturated rings. The average molecular weight is 221 g/mol. The Labute approximate surface area is 96.8 Å². The van der Waals surface area contributed by atoms with Crippen molar-refractivity contribution in [2.45, 2.75) is 46.1 Å². The van der Waals surface area contributed by atoms with Crippen molar-refractivity contribution < 1.29 is 9.53 Å². The van der Waals surface area contributed by atoms with Crippen LogP contribution in [0.4, 0.5) is 0 Å². The third kappa shape index (κ3) is 3.33. The number of pyridine rings is 1. The molecular formula is C13H19NO2. The minimum atomic E-state index is -0.317. The fourth-order valence-corrected chi connectivity index (χ4v) is 1.24. The summed E-state index contributed by atoms with van der Waals surface area (Å²) in [4.78, 5) is 15.8. The summed E-state index contributed by atoms with van der Waals surface area (Å²) in [5.41, 5.74) is 1.47. The third-order valence-electron chi connectivity index (χ3n) is 2.11. The summed E-state index contributed by atoms with van der Waals surface area (Å²) in [5.74, 6) is -0.317. The molecule has 0 aromatic carbocycles. The van der Waals surface area contributed by atoms with Crippen LogP contribution in [0.1, 0.15) is 50.7 Å². The maximum atomic E-state index is 11.6. The minimum absolute atomic E-state index is 0.000479. The van der Waals surface area contributed by atoms with Crippen molar-refractivity contribution in [2.24, 2.45) is 0 Å². The number of rotatable bonds is 2. The van der Waals surface area contributed by atoms with Gasteiger partial charge in [0.25, 0.3) is 0 Å². The molecule has 3 heteroatoms. The smallest absolute Gasteiger partial charge is 0.339 e. The van der Waals surface area contributed by atoms with Crippen LogP contribution >= 0.6 is 0 Å². The van der Waals surface area contributed by atoms with E-state index >= 15 is 0 Å². The lowest BCUT2D eigenvalue weighted by Gasteiger charge is -2.17. The van der Waals surface area contributed by atoms with E-state index in [1.54, 1.807) is 12.3 Å². The zero-order chi connectivity index (χ0) is 12.3. The van der Waals surface area contributed by atoms with Crippen LogP contribution in [0, 0.1) is 0 Å². The van der Waals surface area contributed by atoms with Crippen LogP contribution in [-0.4, -0.2) is 17.1 Å². The largest absolute Gasteiger partial charge is 0.459 e. The van der Waals surface area contributed by atoms with Crippen LogP contribution in [0.5, 0.6) is 0 Å². The highest BCUT2D eigenvalue weighted by atomic mass is 16.5.